The van der Waals surface area contributed by atoms with Gasteiger partial charge in [0.2, 0.25) is 0 Å². The van der Waals surface area contributed by atoms with Crippen LogP contribution in [0.3, 0.4) is 0 Å². The standard InChI is InChI=1S/C18H25NO5/c1-12-4-9-16(18(3,21)10-12)13(2)11-24-17(20)14-5-7-15(8-6-14)19(22)23/h5-8,12-13,16,21H,4,9-11H2,1-3H3/t12-,13+,16+,18+/m1/s1. The highest BCUT2D eigenvalue weighted by atomic mass is 16.6. The minimum Gasteiger partial charge on any atom is -0.462 e. The second-order valence-electron chi connectivity index (χ2n) is 7.23. The van der Waals surface area contributed by atoms with E-state index in [2.05, 4.69) is 6.92 Å². The van der Waals surface area contributed by atoms with Crippen LogP contribution in [-0.4, -0.2) is 28.2 Å². The third-order valence-corrected chi connectivity index (χ3v) is 5.01. The molecule has 1 N–H and O–H groups in total. The quantitative estimate of drug-likeness (QED) is 0.505. The zero-order valence-corrected chi connectivity index (χ0v) is 14.4. The molecule has 1 fully saturated rings. The Bertz CT molecular complexity index is 596. The molecule has 0 saturated heterocycles. The molecule has 1 aliphatic rings. The summed E-state index contributed by atoms with van der Waals surface area (Å²) in [5, 5.41) is 21.3. The molecule has 1 saturated carbocycles. The molecule has 0 radical (unpaired) electrons. The SMILES string of the molecule is C[C@@H]1CC[C@@H]([C@@H](C)COC(=O)c2ccc([N+](=O)[O-])cc2)[C@@](C)(O)C1. The van der Waals surface area contributed by atoms with E-state index in [4.69, 9.17) is 4.74 Å². The van der Waals surface area contributed by atoms with Gasteiger partial charge in [0, 0.05) is 12.1 Å². The number of carbonyl (C=O) groups is 1. The smallest absolute Gasteiger partial charge is 0.338 e. The molecular formula is C18H25NO5. The summed E-state index contributed by atoms with van der Waals surface area (Å²) >= 11 is 0. The molecule has 0 spiro atoms. The summed E-state index contributed by atoms with van der Waals surface area (Å²) in [6, 6.07) is 5.35. The first-order valence-corrected chi connectivity index (χ1v) is 8.34. The van der Waals surface area contributed by atoms with E-state index in [-0.39, 0.29) is 29.7 Å². The van der Waals surface area contributed by atoms with Crippen LogP contribution < -0.4 is 0 Å². The van der Waals surface area contributed by atoms with E-state index in [1.54, 1.807) is 0 Å². The second-order valence-corrected chi connectivity index (χ2v) is 7.23. The second kappa shape index (κ2) is 7.30. The molecule has 132 valence electrons. The fourth-order valence-electron chi connectivity index (χ4n) is 3.76. The van der Waals surface area contributed by atoms with Crippen molar-refractivity contribution in [2.75, 3.05) is 6.61 Å². The minimum atomic E-state index is -0.739. The fourth-order valence-corrected chi connectivity index (χ4v) is 3.76. The molecule has 0 heterocycles. The fraction of sp³-hybridized carbons (Fsp3) is 0.611. The van der Waals surface area contributed by atoms with Crippen LogP contribution in [0.25, 0.3) is 0 Å². The normalized spacial score (nSPS) is 28.2. The van der Waals surface area contributed by atoms with Crippen LogP contribution in [0, 0.1) is 27.9 Å². The average Bonchev–Trinajstić information content (AvgIpc) is 2.51. The lowest BCUT2D eigenvalue weighted by Gasteiger charge is -2.43. The van der Waals surface area contributed by atoms with Crippen molar-refractivity contribution >= 4 is 11.7 Å². The number of non-ortho nitro benzene ring substituents is 1. The van der Waals surface area contributed by atoms with Crippen molar-refractivity contribution in [3.05, 3.63) is 39.9 Å². The van der Waals surface area contributed by atoms with Gasteiger partial charge in [0.05, 0.1) is 22.7 Å². The van der Waals surface area contributed by atoms with Crippen molar-refractivity contribution in [2.45, 2.75) is 45.6 Å². The number of carbonyl (C=O) groups excluding carboxylic acids is 1. The Hall–Kier alpha value is -1.95. The highest BCUT2D eigenvalue weighted by molar-refractivity contribution is 5.89. The molecule has 2 rings (SSSR count). The van der Waals surface area contributed by atoms with Gasteiger partial charge in [-0.25, -0.2) is 4.79 Å². The predicted octanol–water partition coefficient (Wildman–Crippen LogP) is 3.57. The van der Waals surface area contributed by atoms with Crippen molar-refractivity contribution in [1.82, 2.24) is 0 Å². The topological polar surface area (TPSA) is 89.7 Å². The summed E-state index contributed by atoms with van der Waals surface area (Å²) in [6.07, 6.45) is 2.75. The van der Waals surface area contributed by atoms with Gasteiger partial charge in [-0.05, 0) is 49.7 Å². The molecule has 6 heteroatoms. The number of aliphatic hydroxyl groups is 1. The van der Waals surface area contributed by atoms with Crippen LogP contribution in [0.1, 0.15) is 50.4 Å². The molecule has 4 atom stereocenters. The monoisotopic (exact) mass is 335 g/mol. The van der Waals surface area contributed by atoms with Gasteiger partial charge in [-0.1, -0.05) is 20.3 Å². The van der Waals surface area contributed by atoms with Crippen LogP contribution >= 0.6 is 0 Å². The van der Waals surface area contributed by atoms with E-state index in [1.165, 1.54) is 24.3 Å². The van der Waals surface area contributed by atoms with E-state index in [1.807, 2.05) is 13.8 Å². The molecule has 0 aliphatic heterocycles. The molecule has 1 aromatic rings. The molecule has 6 nitrogen and oxygen atoms in total. The number of esters is 1. The Morgan fingerprint density at radius 3 is 2.58 bits per heavy atom. The van der Waals surface area contributed by atoms with E-state index in [9.17, 15) is 20.0 Å². The zero-order valence-electron chi connectivity index (χ0n) is 14.4. The summed E-state index contributed by atoms with van der Waals surface area (Å²) < 4.78 is 5.34. The molecule has 0 unspecified atom stereocenters. The van der Waals surface area contributed by atoms with Crippen LogP contribution in [0.5, 0.6) is 0 Å². The van der Waals surface area contributed by atoms with E-state index < -0.39 is 16.5 Å². The number of nitro groups is 1. The molecule has 0 aromatic heterocycles. The van der Waals surface area contributed by atoms with E-state index in [0.29, 0.717) is 5.92 Å². The summed E-state index contributed by atoms with van der Waals surface area (Å²) in [5.74, 6) is 0.152. The van der Waals surface area contributed by atoms with Crippen LogP contribution in [0.15, 0.2) is 24.3 Å². The molecule has 1 aromatic carbocycles. The number of ether oxygens (including phenoxy) is 1. The van der Waals surface area contributed by atoms with Gasteiger partial charge in [0.1, 0.15) is 0 Å². The third-order valence-electron chi connectivity index (χ3n) is 5.01. The van der Waals surface area contributed by atoms with Crippen LogP contribution in [-0.2, 0) is 4.74 Å². The van der Waals surface area contributed by atoms with Gasteiger partial charge in [-0.15, -0.1) is 0 Å². The third kappa shape index (κ3) is 4.32. The van der Waals surface area contributed by atoms with Crippen molar-refractivity contribution < 1.29 is 19.6 Å². The largest absolute Gasteiger partial charge is 0.462 e. The maximum Gasteiger partial charge on any atom is 0.338 e. The number of rotatable bonds is 5. The van der Waals surface area contributed by atoms with Crippen molar-refractivity contribution in [1.29, 1.82) is 0 Å². The first kappa shape index (κ1) is 18.4. The Balaban J connectivity index is 1.92. The predicted molar refractivity (Wildman–Crippen MR) is 89.7 cm³/mol. The highest BCUT2D eigenvalue weighted by Crippen LogP contribution is 2.40. The summed E-state index contributed by atoms with van der Waals surface area (Å²) in [7, 11) is 0. The summed E-state index contributed by atoms with van der Waals surface area (Å²) in [4.78, 5) is 22.2. The zero-order chi connectivity index (χ0) is 17.9. The van der Waals surface area contributed by atoms with E-state index >= 15 is 0 Å². The van der Waals surface area contributed by atoms with Gasteiger partial charge >= 0.3 is 5.97 Å². The van der Waals surface area contributed by atoms with Crippen molar-refractivity contribution in [3.8, 4) is 0 Å². The maximum atomic E-state index is 12.1. The molecule has 1 aliphatic carbocycles. The lowest BCUT2D eigenvalue weighted by molar-refractivity contribution is -0.384. The maximum absolute atomic E-state index is 12.1. The Morgan fingerprint density at radius 2 is 2.04 bits per heavy atom. The van der Waals surface area contributed by atoms with Crippen molar-refractivity contribution in [2.24, 2.45) is 17.8 Å². The molecular weight excluding hydrogens is 310 g/mol. The minimum absolute atomic E-state index is 0.0505. The number of hydrogen-bond donors (Lipinski definition) is 1. The molecule has 0 amide bonds. The molecule has 24 heavy (non-hydrogen) atoms. The summed E-state index contributed by atoms with van der Waals surface area (Å²) in [5.41, 5.74) is -0.513. The lowest BCUT2D eigenvalue weighted by atomic mass is 9.68. The number of nitrogens with zero attached hydrogens (tertiary/aromatic N) is 1. The Labute approximate surface area is 142 Å². The number of benzene rings is 1. The molecule has 0 bridgehead atoms. The van der Waals surface area contributed by atoms with Gasteiger partial charge in [-0.3, -0.25) is 10.1 Å². The van der Waals surface area contributed by atoms with Crippen LogP contribution in [0.4, 0.5) is 5.69 Å². The van der Waals surface area contributed by atoms with Gasteiger partial charge in [0.25, 0.3) is 5.69 Å². The van der Waals surface area contributed by atoms with Gasteiger partial charge in [-0.2, -0.15) is 0 Å². The van der Waals surface area contributed by atoms with Crippen LogP contribution in [0.2, 0.25) is 0 Å². The first-order chi connectivity index (χ1) is 11.2. The number of hydrogen-bond acceptors (Lipinski definition) is 5. The van der Waals surface area contributed by atoms with E-state index in [0.717, 1.165) is 19.3 Å². The first-order valence-electron chi connectivity index (χ1n) is 8.34. The number of nitro benzene ring substituents is 1. The summed E-state index contributed by atoms with van der Waals surface area (Å²) in [6.45, 7) is 6.22. The van der Waals surface area contributed by atoms with Gasteiger partial charge in [0.15, 0.2) is 0 Å². The highest BCUT2D eigenvalue weighted by Gasteiger charge is 2.40. The van der Waals surface area contributed by atoms with Crippen molar-refractivity contribution in [3.63, 3.8) is 0 Å². The average molecular weight is 335 g/mol. The Morgan fingerprint density at radius 1 is 1.42 bits per heavy atom. The lowest BCUT2D eigenvalue weighted by Crippen LogP contribution is -2.44. The Kier molecular flexibility index (Phi) is 5.59. The van der Waals surface area contributed by atoms with Gasteiger partial charge < -0.3 is 9.84 Å².